The summed E-state index contributed by atoms with van der Waals surface area (Å²) < 4.78 is 1.34. The van der Waals surface area contributed by atoms with Crippen molar-refractivity contribution in [1.82, 2.24) is 4.90 Å². The van der Waals surface area contributed by atoms with E-state index in [4.69, 9.17) is 0 Å². The van der Waals surface area contributed by atoms with Gasteiger partial charge >= 0.3 is 0 Å². The van der Waals surface area contributed by atoms with Crippen molar-refractivity contribution in [2.24, 2.45) is 0 Å². The number of rotatable bonds is 5. The molecule has 0 N–H and O–H groups in total. The average molecular weight is 380 g/mol. The molecule has 0 spiro atoms. The van der Waals surface area contributed by atoms with Crippen LogP contribution in [0.3, 0.4) is 0 Å². The van der Waals surface area contributed by atoms with Crippen LogP contribution in [0.4, 0.5) is 5.69 Å². The zero-order chi connectivity index (χ0) is 14.5. The van der Waals surface area contributed by atoms with Gasteiger partial charge in [0.15, 0.2) is 0 Å². The van der Waals surface area contributed by atoms with E-state index in [-0.39, 0.29) is 0 Å². The molecule has 0 radical (unpaired) electrons. The molecule has 0 amide bonds. The van der Waals surface area contributed by atoms with E-state index < -0.39 is 0 Å². The highest BCUT2D eigenvalue weighted by molar-refractivity contribution is 14.1. The second kappa shape index (κ2) is 7.09. The zero-order valence-electron chi connectivity index (χ0n) is 12.3. The molecule has 2 aromatic carbocycles. The number of benzene rings is 2. The molecule has 0 aliphatic carbocycles. The van der Waals surface area contributed by atoms with Crippen LogP contribution in [0, 0.1) is 3.57 Å². The van der Waals surface area contributed by atoms with Gasteiger partial charge in [0.2, 0.25) is 0 Å². The van der Waals surface area contributed by atoms with Gasteiger partial charge in [-0.2, -0.15) is 0 Å². The molecule has 20 heavy (non-hydrogen) atoms. The highest BCUT2D eigenvalue weighted by atomic mass is 127. The fraction of sp³-hybridized carbons (Fsp3) is 0.294. The Morgan fingerprint density at radius 1 is 0.850 bits per heavy atom. The van der Waals surface area contributed by atoms with Crippen LogP contribution in [0.2, 0.25) is 0 Å². The Kier molecular flexibility index (Phi) is 5.43. The normalized spacial score (nSPS) is 10.8. The Balaban J connectivity index is 2.19. The average Bonchev–Trinajstić information content (AvgIpc) is 2.41. The number of halogens is 1. The maximum Gasteiger partial charge on any atom is 0.0505 e. The van der Waals surface area contributed by atoms with Gasteiger partial charge in [-0.15, -0.1) is 0 Å². The number of nitrogens with zero attached hydrogens (tertiary/aromatic N) is 2. The van der Waals surface area contributed by atoms with Gasteiger partial charge < -0.3 is 9.80 Å². The van der Waals surface area contributed by atoms with Crippen LogP contribution in [0.5, 0.6) is 0 Å². The van der Waals surface area contributed by atoms with Crippen LogP contribution in [-0.4, -0.2) is 26.0 Å². The zero-order valence-corrected chi connectivity index (χ0v) is 14.5. The third kappa shape index (κ3) is 3.96. The first-order chi connectivity index (χ1) is 9.58. The third-order valence-corrected chi connectivity index (χ3v) is 4.46. The third-order valence-electron chi connectivity index (χ3n) is 3.22. The first-order valence-corrected chi connectivity index (χ1v) is 7.83. The molecule has 3 heteroatoms. The highest BCUT2D eigenvalue weighted by Crippen LogP contribution is 2.26. The second-order valence-electron chi connectivity index (χ2n) is 5.33. The number of hydrogen-bond acceptors (Lipinski definition) is 2. The molecule has 0 heterocycles. The van der Waals surface area contributed by atoms with Gasteiger partial charge in [0.05, 0.1) is 5.69 Å². The minimum Gasteiger partial charge on any atom is -0.369 e. The molecule has 0 saturated heterocycles. The molecule has 0 aliphatic rings. The highest BCUT2D eigenvalue weighted by Gasteiger charge is 2.10. The molecule has 0 aliphatic heterocycles. The van der Waals surface area contributed by atoms with Crippen molar-refractivity contribution in [2.75, 3.05) is 26.0 Å². The van der Waals surface area contributed by atoms with Crippen LogP contribution in [0.25, 0.3) is 0 Å². The fourth-order valence-corrected chi connectivity index (χ4v) is 3.21. The summed E-state index contributed by atoms with van der Waals surface area (Å²) in [7, 11) is 6.37. The van der Waals surface area contributed by atoms with Crippen molar-refractivity contribution in [2.45, 2.75) is 13.1 Å². The molecule has 2 rings (SSSR count). The van der Waals surface area contributed by atoms with Gasteiger partial charge in [0, 0.05) is 23.7 Å². The fourth-order valence-electron chi connectivity index (χ4n) is 2.27. The second-order valence-corrected chi connectivity index (χ2v) is 6.41. The molecule has 0 aromatic heterocycles. The summed E-state index contributed by atoms with van der Waals surface area (Å²) in [5.74, 6) is 0. The summed E-state index contributed by atoms with van der Waals surface area (Å²) in [5, 5.41) is 0. The molecule has 0 saturated carbocycles. The molecule has 2 aromatic rings. The molecule has 2 nitrogen and oxygen atoms in total. The topological polar surface area (TPSA) is 6.48 Å². The van der Waals surface area contributed by atoms with Crippen molar-refractivity contribution in [3.05, 3.63) is 63.2 Å². The summed E-state index contributed by atoms with van der Waals surface area (Å²) in [6, 6.07) is 17.2. The quantitative estimate of drug-likeness (QED) is 0.724. The van der Waals surface area contributed by atoms with Crippen LogP contribution >= 0.6 is 22.6 Å². The van der Waals surface area contributed by atoms with E-state index in [2.05, 4.69) is 102 Å². The van der Waals surface area contributed by atoms with Gasteiger partial charge in [-0.05, 0) is 53.9 Å². The Labute approximate surface area is 135 Å². The predicted octanol–water partition coefficient (Wildman–Crippen LogP) is 3.99. The van der Waals surface area contributed by atoms with Gasteiger partial charge in [0.1, 0.15) is 0 Å². The molecule has 0 bridgehead atoms. The largest absolute Gasteiger partial charge is 0.369 e. The Hall–Kier alpha value is -1.07. The van der Waals surface area contributed by atoms with Crippen molar-refractivity contribution in [3.63, 3.8) is 0 Å². The van der Waals surface area contributed by atoms with E-state index in [1.807, 2.05) is 0 Å². The van der Waals surface area contributed by atoms with E-state index in [1.54, 1.807) is 0 Å². The Bertz CT molecular complexity index is 552. The number of anilines is 1. The van der Waals surface area contributed by atoms with Gasteiger partial charge in [-0.3, -0.25) is 0 Å². The van der Waals surface area contributed by atoms with Crippen LogP contribution in [0.15, 0.2) is 48.5 Å². The minimum absolute atomic E-state index is 0.933. The smallest absolute Gasteiger partial charge is 0.0505 e. The molecule has 0 atom stereocenters. The Morgan fingerprint density at radius 3 is 2.20 bits per heavy atom. The SMILES string of the molecule is CN(C)Cc1cccc(N(C)Cc2ccccc2)c1I. The lowest BCUT2D eigenvalue weighted by atomic mass is 10.1. The van der Waals surface area contributed by atoms with Crippen molar-refractivity contribution in [3.8, 4) is 0 Å². The van der Waals surface area contributed by atoms with E-state index in [0.717, 1.165) is 13.1 Å². The lowest BCUT2D eigenvalue weighted by Crippen LogP contribution is -2.19. The van der Waals surface area contributed by atoms with Crippen LogP contribution in [-0.2, 0) is 13.1 Å². The molecule has 106 valence electrons. The summed E-state index contributed by atoms with van der Waals surface area (Å²) in [6.07, 6.45) is 0. The lowest BCUT2D eigenvalue weighted by molar-refractivity contribution is 0.401. The monoisotopic (exact) mass is 380 g/mol. The molecule has 0 unspecified atom stereocenters. The standard InChI is InChI=1S/C17H21IN2/c1-19(2)13-15-10-7-11-16(17(15)18)20(3)12-14-8-5-4-6-9-14/h4-11H,12-13H2,1-3H3. The van der Waals surface area contributed by atoms with Crippen molar-refractivity contribution < 1.29 is 0 Å². The lowest BCUT2D eigenvalue weighted by Gasteiger charge is -2.23. The first kappa shape index (κ1) is 15.3. The van der Waals surface area contributed by atoms with Gasteiger partial charge in [-0.1, -0.05) is 42.5 Å². The predicted molar refractivity (Wildman–Crippen MR) is 95.1 cm³/mol. The maximum absolute atomic E-state index is 2.46. The summed E-state index contributed by atoms with van der Waals surface area (Å²) in [6.45, 7) is 1.91. The number of hydrogen-bond donors (Lipinski definition) is 0. The Morgan fingerprint density at radius 2 is 1.55 bits per heavy atom. The summed E-state index contributed by atoms with van der Waals surface area (Å²) in [4.78, 5) is 4.52. The summed E-state index contributed by atoms with van der Waals surface area (Å²) in [5.41, 5.74) is 4.02. The van der Waals surface area contributed by atoms with Crippen molar-refractivity contribution >= 4 is 28.3 Å². The van der Waals surface area contributed by atoms with E-state index in [9.17, 15) is 0 Å². The van der Waals surface area contributed by atoms with E-state index in [0.29, 0.717) is 0 Å². The van der Waals surface area contributed by atoms with Crippen molar-refractivity contribution in [1.29, 1.82) is 0 Å². The molecule has 0 fully saturated rings. The maximum atomic E-state index is 2.46. The minimum atomic E-state index is 0.933. The van der Waals surface area contributed by atoms with Gasteiger partial charge in [0.25, 0.3) is 0 Å². The van der Waals surface area contributed by atoms with E-state index >= 15 is 0 Å². The van der Waals surface area contributed by atoms with Gasteiger partial charge in [-0.25, -0.2) is 0 Å². The molecular formula is C17H21IN2. The molecular weight excluding hydrogens is 359 g/mol. The van der Waals surface area contributed by atoms with Crippen LogP contribution < -0.4 is 4.90 Å². The first-order valence-electron chi connectivity index (χ1n) is 6.75. The summed E-state index contributed by atoms with van der Waals surface area (Å²) >= 11 is 2.46. The van der Waals surface area contributed by atoms with Crippen LogP contribution in [0.1, 0.15) is 11.1 Å². The van der Waals surface area contributed by atoms with E-state index in [1.165, 1.54) is 20.4 Å².